The molecule has 0 aliphatic heterocycles. The molecule has 6 heteroatoms. The molecule has 3 atom stereocenters. The van der Waals surface area contributed by atoms with Crippen molar-refractivity contribution in [3.8, 4) is 0 Å². The van der Waals surface area contributed by atoms with E-state index in [1.165, 1.54) is 11.8 Å². The third-order valence-electron chi connectivity index (χ3n) is 4.07. The fraction of sp³-hybridized carbons (Fsp3) is 0.778. The van der Waals surface area contributed by atoms with Crippen LogP contribution in [0.3, 0.4) is 0 Å². The van der Waals surface area contributed by atoms with Crippen molar-refractivity contribution in [2.45, 2.75) is 63.2 Å². The summed E-state index contributed by atoms with van der Waals surface area (Å²) in [5.74, 6) is 1.61. The van der Waals surface area contributed by atoms with Crippen molar-refractivity contribution >= 4 is 35.3 Å². The molecular formula is C18H30O4S2. The van der Waals surface area contributed by atoms with E-state index in [2.05, 4.69) is 6.92 Å². The number of rotatable bonds is 13. The molecular weight excluding hydrogens is 344 g/mol. The number of unbranched alkanes of at least 4 members (excludes halogenated alkanes) is 2. The average molecular weight is 375 g/mol. The standard InChI is InChI=1S/C18H30O4S2/c1-2-3-4-6-15(19)9-7-14-8-10-16(20)18(14)24-12-5-11-23-13-17(21)22/h7,9,14-15,18-19H,2-6,8,10-13H2,1H3,(H,21,22)/t14-,15?,18?/m0/s1. The van der Waals surface area contributed by atoms with Crippen LogP contribution in [-0.4, -0.2) is 50.6 Å². The molecule has 1 fully saturated rings. The molecule has 138 valence electrons. The van der Waals surface area contributed by atoms with Crippen molar-refractivity contribution < 1.29 is 19.8 Å². The molecule has 0 bridgehead atoms. The number of aliphatic carboxylic acids is 1. The highest BCUT2D eigenvalue weighted by Gasteiger charge is 2.33. The summed E-state index contributed by atoms with van der Waals surface area (Å²) in [6, 6.07) is 0. The summed E-state index contributed by atoms with van der Waals surface area (Å²) >= 11 is 3.11. The van der Waals surface area contributed by atoms with E-state index in [9.17, 15) is 14.7 Å². The number of hydrogen-bond acceptors (Lipinski definition) is 5. The zero-order valence-electron chi connectivity index (χ0n) is 14.5. The number of allylic oxidation sites excluding steroid dienone is 1. The second-order valence-corrected chi connectivity index (χ2v) is 8.56. The molecule has 0 amide bonds. The van der Waals surface area contributed by atoms with Gasteiger partial charge >= 0.3 is 5.97 Å². The fourth-order valence-corrected chi connectivity index (χ4v) is 4.95. The third-order valence-corrected chi connectivity index (χ3v) is 6.59. The van der Waals surface area contributed by atoms with E-state index in [1.807, 2.05) is 12.2 Å². The van der Waals surface area contributed by atoms with Crippen molar-refractivity contribution in [3.05, 3.63) is 12.2 Å². The molecule has 0 radical (unpaired) electrons. The van der Waals surface area contributed by atoms with Gasteiger partial charge in [0.05, 0.1) is 17.1 Å². The van der Waals surface area contributed by atoms with Crippen LogP contribution in [0.5, 0.6) is 0 Å². The van der Waals surface area contributed by atoms with Gasteiger partial charge in [0, 0.05) is 6.42 Å². The Labute approximate surface area is 153 Å². The van der Waals surface area contributed by atoms with Crippen LogP contribution in [0.4, 0.5) is 0 Å². The smallest absolute Gasteiger partial charge is 0.313 e. The van der Waals surface area contributed by atoms with Crippen molar-refractivity contribution in [2.24, 2.45) is 5.92 Å². The fourth-order valence-electron chi connectivity index (χ4n) is 2.76. The van der Waals surface area contributed by atoms with Gasteiger partial charge in [-0.1, -0.05) is 38.3 Å². The van der Waals surface area contributed by atoms with Crippen LogP contribution in [0, 0.1) is 5.92 Å². The molecule has 1 aliphatic rings. The molecule has 0 aromatic rings. The molecule has 4 nitrogen and oxygen atoms in total. The summed E-state index contributed by atoms with van der Waals surface area (Å²) in [5, 5.41) is 18.6. The van der Waals surface area contributed by atoms with E-state index in [0.29, 0.717) is 12.2 Å². The van der Waals surface area contributed by atoms with Gasteiger partial charge in [-0.3, -0.25) is 9.59 Å². The van der Waals surface area contributed by atoms with Gasteiger partial charge in [0.15, 0.2) is 0 Å². The summed E-state index contributed by atoms with van der Waals surface area (Å²) in [6.07, 6.45) is 10.1. The lowest BCUT2D eigenvalue weighted by Crippen LogP contribution is -2.17. The number of carbonyl (C=O) groups is 2. The second-order valence-electron chi connectivity index (χ2n) is 6.21. The zero-order valence-corrected chi connectivity index (χ0v) is 16.1. The van der Waals surface area contributed by atoms with E-state index >= 15 is 0 Å². The van der Waals surface area contributed by atoms with Gasteiger partial charge in [-0.2, -0.15) is 11.8 Å². The van der Waals surface area contributed by atoms with E-state index < -0.39 is 12.1 Å². The minimum Gasteiger partial charge on any atom is -0.481 e. The minimum atomic E-state index is -0.777. The number of aliphatic hydroxyl groups is 1. The highest BCUT2D eigenvalue weighted by molar-refractivity contribution is 8.01. The van der Waals surface area contributed by atoms with Crippen LogP contribution in [0.25, 0.3) is 0 Å². The van der Waals surface area contributed by atoms with Crippen molar-refractivity contribution in [1.29, 1.82) is 0 Å². The second kappa shape index (κ2) is 12.8. The third kappa shape index (κ3) is 9.14. The van der Waals surface area contributed by atoms with Crippen LogP contribution in [0.2, 0.25) is 0 Å². The van der Waals surface area contributed by atoms with Crippen molar-refractivity contribution in [1.82, 2.24) is 0 Å². The maximum atomic E-state index is 12.0. The Bertz CT molecular complexity index is 412. The number of thioether (sulfide) groups is 2. The first-order valence-electron chi connectivity index (χ1n) is 8.84. The maximum Gasteiger partial charge on any atom is 0.313 e. The van der Waals surface area contributed by atoms with Gasteiger partial charge in [0.2, 0.25) is 0 Å². The molecule has 0 aromatic heterocycles. The molecule has 0 aromatic carbocycles. The Balaban J connectivity index is 2.28. The Morgan fingerprint density at radius 1 is 1.33 bits per heavy atom. The highest BCUT2D eigenvalue weighted by atomic mass is 32.2. The van der Waals surface area contributed by atoms with Crippen LogP contribution in [-0.2, 0) is 9.59 Å². The molecule has 2 unspecified atom stereocenters. The van der Waals surface area contributed by atoms with Crippen molar-refractivity contribution in [3.63, 3.8) is 0 Å². The summed E-state index contributed by atoms with van der Waals surface area (Å²) in [7, 11) is 0. The minimum absolute atomic E-state index is 0.00793. The average Bonchev–Trinajstić information content (AvgIpc) is 2.89. The predicted molar refractivity (Wildman–Crippen MR) is 103 cm³/mol. The van der Waals surface area contributed by atoms with Crippen LogP contribution < -0.4 is 0 Å². The van der Waals surface area contributed by atoms with E-state index in [-0.39, 0.29) is 16.9 Å². The molecule has 1 aliphatic carbocycles. The first-order chi connectivity index (χ1) is 11.5. The first-order valence-corrected chi connectivity index (χ1v) is 11.0. The Kier molecular flexibility index (Phi) is 11.5. The molecule has 0 saturated heterocycles. The molecule has 24 heavy (non-hydrogen) atoms. The quantitative estimate of drug-likeness (QED) is 0.377. The summed E-state index contributed by atoms with van der Waals surface area (Å²) in [5.41, 5.74) is 0. The van der Waals surface area contributed by atoms with E-state index in [4.69, 9.17) is 5.11 Å². The lowest BCUT2D eigenvalue weighted by atomic mass is 10.0. The lowest BCUT2D eigenvalue weighted by molar-refractivity contribution is -0.133. The monoisotopic (exact) mass is 374 g/mol. The number of hydrogen-bond donors (Lipinski definition) is 2. The molecule has 0 spiro atoms. The Morgan fingerprint density at radius 3 is 2.83 bits per heavy atom. The molecule has 1 rings (SSSR count). The van der Waals surface area contributed by atoms with Crippen LogP contribution in [0.1, 0.15) is 51.9 Å². The summed E-state index contributed by atoms with van der Waals surface area (Å²) in [4.78, 5) is 22.5. The highest BCUT2D eigenvalue weighted by Crippen LogP contribution is 2.34. The predicted octanol–water partition coefficient (Wildman–Crippen LogP) is 3.77. The molecule has 1 saturated carbocycles. The molecule has 2 N–H and O–H groups in total. The summed E-state index contributed by atoms with van der Waals surface area (Å²) in [6.45, 7) is 2.15. The summed E-state index contributed by atoms with van der Waals surface area (Å²) < 4.78 is 0. The largest absolute Gasteiger partial charge is 0.481 e. The Hall–Kier alpha value is -0.460. The Morgan fingerprint density at radius 2 is 2.12 bits per heavy atom. The van der Waals surface area contributed by atoms with Gasteiger partial charge in [0.1, 0.15) is 5.78 Å². The zero-order chi connectivity index (χ0) is 17.8. The number of Topliss-reactive ketones (excluding diaryl/α,β-unsaturated/α-hetero) is 1. The van der Waals surface area contributed by atoms with Gasteiger partial charge in [-0.25, -0.2) is 0 Å². The van der Waals surface area contributed by atoms with Gasteiger partial charge in [-0.15, -0.1) is 11.8 Å². The maximum absolute atomic E-state index is 12.0. The van der Waals surface area contributed by atoms with Crippen molar-refractivity contribution in [2.75, 3.05) is 17.3 Å². The topological polar surface area (TPSA) is 74.6 Å². The number of carboxylic acids is 1. The SMILES string of the molecule is CCCCCC(O)C=C[C@H]1CCC(=O)C1SCCCSCC(=O)O. The van der Waals surface area contributed by atoms with E-state index in [0.717, 1.165) is 50.0 Å². The van der Waals surface area contributed by atoms with Crippen LogP contribution in [0.15, 0.2) is 12.2 Å². The van der Waals surface area contributed by atoms with Gasteiger partial charge < -0.3 is 10.2 Å². The van der Waals surface area contributed by atoms with Gasteiger partial charge in [0.25, 0.3) is 0 Å². The number of carbonyl (C=O) groups excluding carboxylic acids is 1. The lowest BCUT2D eigenvalue weighted by Gasteiger charge is -2.15. The number of carboxylic acid groups (broad SMARTS) is 1. The number of aliphatic hydroxyl groups excluding tert-OH is 1. The normalized spacial score (nSPS) is 22.3. The van der Waals surface area contributed by atoms with Gasteiger partial charge in [-0.05, 0) is 36.7 Å². The molecule has 0 heterocycles. The van der Waals surface area contributed by atoms with Crippen LogP contribution >= 0.6 is 23.5 Å². The first kappa shape index (κ1) is 21.6. The van der Waals surface area contributed by atoms with E-state index in [1.54, 1.807) is 11.8 Å². The number of ketones is 1.